The van der Waals surface area contributed by atoms with E-state index in [1.807, 2.05) is 0 Å². The molecule has 1 N–H and O–H groups in total. The largest absolute Gasteiger partial charge is 0.497 e. The van der Waals surface area contributed by atoms with Crippen molar-refractivity contribution in [1.29, 1.82) is 0 Å². The number of methoxy groups -OCH3 is 2. The predicted molar refractivity (Wildman–Crippen MR) is 58.5 cm³/mol. The summed E-state index contributed by atoms with van der Waals surface area (Å²) >= 11 is 0. The van der Waals surface area contributed by atoms with Gasteiger partial charge in [-0.1, -0.05) is 5.11 Å². The highest BCUT2D eigenvalue weighted by Gasteiger charge is 2.13. The van der Waals surface area contributed by atoms with E-state index in [1.165, 1.54) is 14.2 Å². The first-order chi connectivity index (χ1) is 7.72. The van der Waals surface area contributed by atoms with Gasteiger partial charge in [0, 0.05) is 10.5 Å². The Labute approximate surface area is 93.0 Å². The second kappa shape index (κ2) is 5.85. The smallest absolute Gasteiger partial charge is 0.124 e. The third-order valence-electron chi connectivity index (χ3n) is 2.11. The lowest BCUT2D eigenvalue weighted by Gasteiger charge is -2.14. The fraction of sp³-hybridized carbons (Fsp3) is 0.400. The molecule has 0 spiro atoms. The van der Waals surface area contributed by atoms with Gasteiger partial charge < -0.3 is 14.6 Å². The van der Waals surface area contributed by atoms with Crippen molar-refractivity contribution in [3.8, 4) is 11.5 Å². The molecular weight excluding hydrogens is 210 g/mol. The summed E-state index contributed by atoms with van der Waals surface area (Å²) in [6.07, 6.45) is -0.902. The number of hydrogen-bond donors (Lipinski definition) is 1. The van der Waals surface area contributed by atoms with Crippen LogP contribution in [0.1, 0.15) is 11.7 Å². The fourth-order valence-electron chi connectivity index (χ4n) is 1.31. The summed E-state index contributed by atoms with van der Waals surface area (Å²) in [5, 5.41) is 13.1. The lowest BCUT2D eigenvalue weighted by molar-refractivity contribution is 0.181. The van der Waals surface area contributed by atoms with Crippen LogP contribution in [0.25, 0.3) is 10.4 Å². The highest BCUT2D eigenvalue weighted by Crippen LogP contribution is 2.29. The number of ether oxygens (including phenoxy) is 2. The van der Waals surface area contributed by atoms with E-state index in [0.29, 0.717) is 17.1 Å². The van der Waals surface area contributed by atoms with Gasteiger partial charge in [0.2, 0.25) is 0 Å². The maximum Gasteiger partial charge on any atom is 0.124 e. The van der Waals surface area contributed by atoms with Crippen LogP contribution in [0.5, 0.6) is 11.5 Å². The molecule has 1 atom stereocenters. The first kappa shape index (κ1) is 12.2. The van der Waals surface area contributed by atoms with Crippen molar-refractivity contribution >= 4 is 0 Å². The number of hydrogen-bond acceptors (Lipinski definition) is 4. The van der Waals surface area contributed by atoms with Gasteiger partial charge >= 0.3 is 0 Å². The van der Waals surface area contributed by atoms with Gasteiger partial charge in [-0.15, -0.1) is 0 Å². The molecule has 1 rings (SSSR count). The summed E-state index contributed by atoms with van der Waals surface area (Å²) in [7, 11) is 3.04. The van der Waals surface area contributed by atoms with Gasteiger partial charge in [0.05, 0.1) is 26.9 Å². The van der Waals surface area contributed by atoms with Gasteiger partial charge in [0.15, 0.2) is 0 Å². The lowest BCUT2D eigenvalue weighted by atomic mass is 10.1. The molecule has 0 aliphatic carbocycles. The topological polar surface area (TPSA) is 87.5 Å². The minimum atomic E-state index is -0.902. The quantitative estimate of drug-likeness (QED) is 0.470. The molecular formula is C10H13N3O3. The molecule has 6 heteroatoms. The fourth-order valence-corrected chi connectivity index (χ4v) is 1.31. The molecule has 16 heavy (non-hydrogen) atoms. The van der Waals surface area contributed by atoms with Crippen LogP contribution < -0.4 is 9.47 Å². The minimum Gasteiger partial charge on any atom is -0.497 e. The van der Waals surface area contributed by atoms with Crippen molar-refractivity contribution in [2.24, 2.45) is 5.11 Å². The minimum absolute atomic E-state index is 0.0416. The zero-order valence-electron chi connectivity index (χ0n) is 9.12. The van der Waals surface area contributed by atoms with Crippen LogP contribution in [0, 0.1) is 0 Å². The Kier molecular flexibility index (Phi) is 4.44. The number of benzene rings is 1. The number of aliphatic hydroxyl groups excluding tert-OH is 1. The van der Waals surface area contributed by atoms with Gasteiger partial charge in [0.25, 0.3) is 0 Å². The van der Waals surface area contributed by atoms with E-state index in [-0.39, 0.29) is 6.54 Å². The highest BCUT2D eigenvalue weighted by molar-refractivity contribution is 5.41. The van der Waals surface area contributed by atoms with Gasteiger partial charge in [-0.25, -0.2) is 0 Å². The Morgan fingerprint density at radius 1 is 1.44 bits per heavy atom. The van der Waals surface area contributed by atoms with E-state index in [4.69, 9.17) is 15.0 Å². The molecule has 0 fully saturated rings. The molecule has 0 aromatic heterocycles. The van der Waals surface area contributed by atoms with Crippen LogP contribution in [-0.4, -0.2) is 25.9 Å². The number of nitrogens with zero attached hydrogens (tertiary/aromatic N) is 3. The summed E-state index contributed by atoms with van der Waals surface area (Å²) in [6, 6.07) is 5.06. The van der Waals surface area contributed by atoms with Gasteiger partial charge in [-0.05, 0) is 23.7 Å². The van der Waals surface area contributed by atoms with Crippen molar-refractivity contribution < 1.29 is 14.6 Å². The van der Waals surface area contributed by atoms with Crippen molar-refractivity contribution in [3.05, 3.63) is 34.2 Å². The number of rotatable bonds is 5. The molecule has 0 radical (unpaired) electrons. The number of aliphatic hydroxyl groups is 1. The van der Waals surface area contributed by atoms with Crippen molar-refractivity contribution in [1.82, 2.24) is 0 Å². The zero-order valence-corrected chi connectivity index (χ0v) is 9.12. The molecule has 86 valence electrons. The van der Waals surface area contributed by atoms with Crippen LogP contribution in [0.15, 0.2) is 23.3 Å². The first-order valence-corrected chi connectivity index (χ1v) is 4.63. The summed E-state index contributed by atoms with van der Waals surface area (Å²) in [4.78, 5) is 2.59. The molecule has 0 saturated heterocycles. The Bertz CT molecular complexity index is 402. The first-order valence-electron chi connectivity index (χ1n) is 4.63. The molecule has 1 aromatic rings. The zero-order chi connectivity index (χ0) is 12.0. The second-order valence-electron chi connectivity index (χ2n) is 3.04. The molecule has 0 saturated carbocycles. The summed E-state index contributed by atoms with van der Waals surface area (Å²) in [5.74, 6) is 1.14. The molecule has 1 aromatic carbocycles. The maximum atomic E-state index is 9.78. The predicted octanol–water partition coefficient (Wildman–Crippen LogP) is 2.05. The molecule has 0 aliphatic heterocycles. The Balaban J connectivity index is 3.02. The molecule has 0 amide bonds. The second-order valence-corrected chi connectivity index (χ2v) is 3.04. The number of azide groups is 1. The van der Waals surface area contributed by atoms with E-state index in [1.54, 1.807) is 18.2 Å². The van der Waals surface area contributed by atoms with E-state index in [2.05, 4.69) is 10.0 Å². The van der Waals surface area contributed by atoms with Crippen LogP contribution in [0.3, 0.4) is 0 Å². The Hall–Kier alpha value is -1.91. The normalized spacial score (nSPS) is 11.4. The van der Waals surface area contributed by atoms with Crippen molar-refractivity contribution in [3.63, 3.8) is 0 Å². The average Bonchev–Trinajstić information content (AvgIpc) is 2.35. The monoisotopic (exact) mass is 223 g/mol. The average molecular weight is 223 g/mol. The molecule has 6 nitrogen and oxygen atoms in total. The summed E-state index contributed by atoms with van der Waals surface area (Å²) in [6.45, 7) is -0.0416. The third-order valence-corrected chi connectivity index (χ3v) is 2.11. The lowest BCUT2D eigenvalue weighted by Crippen LogP contribution is -2.04. The molecule has 0 heterocycles. The summed E-state index contributed by atoms with van der Waals surface area (Å²) in [5.41, 5.74) is 8.72. The highest BCUT2D eigenvalue weighted by atomic mass is 16.5. The summed E-state index contributed by atoms with van der Waals surface area (Å²) < 4.78 is 10.1. The molecule has 0 unspecified atom stereocenters. The van der Waals surface area contributed by atoms with Crippen LogP contribution in [-0.2, 0) is 0 Å². The van der Waals surface area contributed by atoms with Crippen molar-refractivity contribution in [2.75, 3.05) is 20.8 Å². The third kappa shape index (κ3) is 2.79. The SMILES string of the molecule is COc1ccc(OC)c([C@H](O)CN=[N+]=[N-])c1. The maximum absolute atomic E-state index is 9.78. The van der Waals surface area contributed by atoms with E-state index in [9.17, 15) is 5.11 Å². The van der Waals surface area contributed by atoms with Gasteiger partial charge in [-0.3, -0.25) is 0 Å². The molecule has 0 bridgehead atoms. The van der Waals surface area contributed by atoms with E-state index in [0.717, 1.165) is 0 Å². The van der Waals surface area contributed by atoms with Crippen LogP contribution >= 0.6 is 0 Å². The Morgan fingerprint density at radius 3 is 2.75 bits per heavy atom. The van der Waals surface area contributed by atoms with Crippen LogP contribution in [0.2, 0.25) is 0 Å². The van der Waals surface area contributed by atoms with E-state index >= 15 is 0 Å². The van der Waals surface area contributed by atoms with Gasteiger partial charge in [-0.2, -0.15) is 0 Å². The van der Waals surface area contributed by atoms with E-state index < -0.39 is 6.10 Å². The molecule has 0 aliphatic rings. The van der Waals surface area contributed by atoms with Crippen LogP contribution in [0.4, 0.5) is 0 Å². The standard InChI is InChI=1S/C10H13N3O3/c1-15-7-3-4-10(16-2)8(5-7)9(14)6-12-13-11/h3-5,9,14H,6H2,1-2H3/t9-/m1/s1. The van der Waals surface area contributed by atoms with Crippen molar-refractivity contribution in [2.45, 2.75) is 6.10 Å². The Morgan fingerprint density at radius 2 is 2.19 bits per heavy atom. The van der Waals surface area contributed by atoms with Gasteiger partial charge in [0.1, 0.15) is 11.5 Å².